The zero-order valence-corrected chi connectivity index (χ0v) is 14.3. The molecule has 2 amide bonds. The SMILES string of the molecule is COc1ccccc1N(CCC(N)=O)C(=O)CN1CCNC[C@H]1C. The molecule has 0 aromatic heterocycles. The third-order valence-electron chi connectivity index (χ3n) is 4.24. The van der Waals surface area contributed by atoms with Crippen molar-refractivity contribution in [3.63, 3.8) is 0 Å². The van der Waals surface area contributed by atoms with Crippen LogP contribution in [0, 0.1) is 0 Å². The molecule has 0 bridgehead atoms. The van der Waals surface area contributed by atoms with Gasteiger partial charge in [-0.05, 0) is 19.1 Å². The molecule has 1 saturated heterocycles. The van der Waals surface area contributed by atoms with Crippen LogP contribution in [0.4, 0.5) is 5.69 Å². The van der Waals surface area contributed by atoms with Gasteiger partial charge in [-0.15, -0.1) is 0 Å². The van der Waals surface area contributed by atoms with Crippen LogP contribution < -0.4 is 20.7 Å². The van der Waals surface area contributed by atoms with Gasteiger partial charge >= 0.3 is 0 Å². The fourth-order valence-corrected chi connectivity index (χ4v) is 2.83. The number of nitrogens with two attached hydrogens (primary N) is 1. The molecular formula is C17H26N4O3. The molecule has 0 spiro atoms. The standard InChI is InChI=1S/C17H26N4O3/c1-13-11-19-8-10-20(13)12-17(23)21(9-7-16(18)22)14-5-3-4-6-15(14)24-2/h3-6,13,19H,7-12H2,1-2H3,(H2,18,22)/t13-/m1/s1. The second kappa shape index (κ2) is 8.65. The monoisotopic (exact) mass is 334 g/mol. The number of primary amides is 1. The number of piperazine rings is 1. The molecule has 2 rings (SSSR count). The summed E-state index contributed by atoms with van der Waals surface area (Å²) in [4.78, 5) is 27.8. The summed E-state index contributed by atoms with van der Waals surface area (Å²) in [6, 6.07) is 7.60. The minimum absolute atomic E-state index is 0.0606. The van der Waals surface area contributed by atoms with Gasteiger partial charge in [-0.25, -0.2) is 0 Å². The van der Waals surface area contributed by atoms with E-state index in [4.69, 9.17) is 10.5 Å². The highest BCUT2D eigenvalue weighted by atomic mass is 16.5. The molecule has 1 aliphatic heterocycles. The molecule has 1 aromatic rings. The molecule has 0 saturated carbocycles. The summed E-state index contributed by atoms with van der Waals surface area (Å²) in [6.07, 6.45) is 0.112. The first-order valence-corrected chi connectivity index (χ1v) is 8.19. The summed E-state index contributed by atoms with van der Waals surface area (Å²) in [5.74, 6) is 0.108. The van der Waals surface area contributed by atoms with Gasteiger partial charge in [-0.2, -0.15) is 0 Å². The van der Waals surface area contributed by atoms with Gasteiger partial charge in [0.2, 0.25) is 11.8 Å². The van der Waals surface area contributed by atoms with Crippen molar-refractivity contribution in [2.24, 2.45) is 5.73 Å². The highest BCUT2D eigenvalue weighted by molar-refractivity contribution is 5.96. The largest absolute Gasteiger partial charge is 0.495 e. The number of benzene rings is 1. The van der Waals surface area contributed by atoms with E-state index in [2.05, 4.69) is 17.1 Å². The van der Waals surface area contributed by atoms with E-state index in [1.807, 2.05) is 18.2 Å². The number of amides is 2. The number of methoxy groups -OCH3 is 1. The molecule has 1 aliphatic rings. The predicted octanol–water partition coefficient (Wildman–Crippen LogP) is 0.197. The number of rotatable bonds is 7. The lowest BCUT2D eigenvalue weighted by atomic mass is 10.2. The van der Waals surface area contributed by atoms with Crippen molar-refractivity contribution in [1.82, 2.24) is 10.2 Å². The number of para-hydroxylation sites is 2. The van der Waals surface area contributed by atoms with Crippen LogP contribution in [-0.4, -0.2) is 62.6 Å². The number of hydrogen-bond acceptors (Lipinski definition) is 5. The summed E-state index contributed by atoms with van der Waals surface area (Å²) < 4.78 is 5.36. The second-order valence-electron chi connectivity index (χ2n) is 5.96. The lowest BCUT2D eigenvalue weighted by molar-refractivity contribution is -0.120. The van der Waals surface area contributed by atoms with Gasteiger partial charge in [-0.1, -0.05) is 12.1 Å². The molecule has 132 valence electrons. The Morgan fingerprint density at radius 3 is 2.83 bits per heavy atom. The Kier molecular flexibility index (Phi) is 6.57. The van der Waals surface area contributed by atoms with Gasteiger partial charge in [0.1, 0.15) is 5.75 Å². The van der Waals surface area contributed by atoms with Crippen LogP contribution in [0.1, 0.15) is 13.3 Å². The van der Waals surface area contributed by atoms with E-state index >= 15 is 0 Å². The van der Waals surface area contributed by atoms with Crippen LogP contribution >= 0.6 is 0 Å². The molecule has 7 nitrogen and oxygen atoms in total. The average Bonchev–Trinajstić information content (AvgIpc) is 2.57. The average molecular weight is 334 g/mol. The van der Waals surface area contributed by atoms with Crippen LogP contribution in [0.25, 0.3) is 0 Å². The van der Waals surface area contributed by atoms with E-state index in [-0.39, 0.29) is 18.9 Å². The van der Waals surface area contributed by atoms with Crippen molar-refractivity contribution in [1.29, 1.82) is 0 Å². The maximum Gasteiger partial charge on any atom is 0.241 e. The Labute approximate surface area is 142 Å². The minimum atomic E-state index is -0.432. The van der Waals surface area contributed by atoms with Gasteiger partial charge in [0.15, 0.2) is 0 Å². The van der Waals surface area contributed by atoms with Crippen LogP contribution in [0.2, 0.25) is 0 Å². The van der Waals surface area contributed by atoms with Crippen molar-refractivity contribution in [2.75, 3.05) is 44.7 Å². The highest BCUT2D eigenvalue weighted by Gasteiger charge is 2.25. The molecule has 0 aliphatic carbocycles. The molecule has 0 unspecified atom stereocenters. The Morgan fingerprint density at radius 2 is 2.17 bits per heavy atom. The summed E-state index contributed by atoms with van der Waals surface area (Å²) >= 11 is 0. The third kappa shape index (κ3) is 4.69. The van der Waals surface area contributed by atoms with E-state index in [9.17, 15) is 9.59 Å². The molecule has 24 heavy (non-hydrogen) atoms. The summed E-state index contributed by atoms with van der Waals surface area (Å²) in [6.45, 7) is 5.20. The van der Waals surface area contributed by atoms with Crippen molar-refractivity contribution in [2.45, 2.75) is 19.4 Å². The molecule has 1 aromatic carbocycles. The number of nitrogens with one attached hydrogen (secondary N) is 1. The van der Waals surface area contributed by atoms with Crippen LogP contribution in [0.15, 0.2) is 24.3 Å². The Bertz CT molecular complexity index is 579. The number of carbonyl (C=O) groups is 2. The van der Waals surface area contributed by atoms with E-state index < -0.39 is 5.91 Å². The predicted molar refractivity (Wildman–Crippen MR) is 93.1 cm³/mol. The Hall–Kier alpha value is -2.12. The van der Waals surface area contributed by atoms with Crippen molar-refractivity contribution < 1.29 is 14.3 Å². The number of carbonyl (C=O) groups excluding carboxylic acids is 2. The topological polar surface area (TPSA) is 87.9 Å². The minimum Gasteiger partial charge on any atom is -0.495 e. The molecule has 3 N–H and O–H groups in total. The number of anilines is 1. The molecule has 0 radical (unpaired) electrons. The molecule has 1 heterocycles. The molecule has 1 fully saturated rings. The number of ether oxygens (including phenoxy) is 1. The quantitative estimate of drug-likeness (QED) is 0.744. The van der Waals surface area contributed by atoms with Gasteiger partial charge in [-0.3, -0.25) is 14.5 Å². The van der Waals surface area contributed by atoms with Crippen LogP contribution in [0.3, 0.4) is 0 Å². The van der Waals surface area contributed by atoms with E-state index in [1.54, 1.807) is 18.1 Å². The first-order valence-electron chi connectivity index (χ1n) is 8.19. The van der Waals surface area contributed by atoms with Gasteiger partial charge in [0.25, 0.3) is 0 Å². The van der Waals surface area contributed by atoms with Gasteiger partial charge in [0, 0.05) is 38.6 Å². The third-order valence-corrected chi connectivity index (χ3v) is 4.24. The fourth-order valence-electron chi connectivity index (χ4n) is 2.83. The van der Waals surface area contributed by atoms with Gasteiger partial charge < -0.3 is 20.7 Å². The second-order valence-corrected chi connectivity index (χ2v) is 5.96. The van der Waals surface area contributed by atoms with E-state index in [0.717, 1.165) is 19.6 Å². The van der Waals surface area contributed by atoms with Crippen molar-refractivity contribution in [3.05, 3.63) is 24.3 Å². The summed E-state index contributed by atoms with van der Waals surface area (Å²) in [5.41, 5.74) is 5.93. The maximum absolute atomic E-state index is 12.9. The number of nitrogens with zero attached hydrogens (tertiary/aromatic N) is 2. The zero-order chi connectivity index (χ0) is 17.5. The van der Waals surface area contributed by atoms with E-state index in [0.29, 0.717) is 24.0 Å². The smallest absolute Gasteiger partial charge is 0.241 e. The fraction of sp³-hybridized carbons (Fsp3) is 0.529. The molecular weight excluding hydrogens is 308 g/mol. The lowest BCUT2D eigenvalue weighted by Gasteiger charge is -2.35. The highest BCUT2D eigenvalue weighted by Crippen LogP contribution is 2.28. The Balaban J connectivity index is 2.18. The zero-order valence-electron chi connectivity index (χ0n) is 14.3. The van der Waals surface area contributed by atoms with Crippen molar-refractivity contribution >= 4 is 17.5 Å². The lowest BCUT2D eigenvalue weighted by Crippen LogP contribution is -2.53. The normalized spacial score (nSPS) is 18.2. The molecule has 7 heteroatoms. The first-order chi connectivity index (χ1) is 11.5. The number of hydrogen-bond donors (Lipinski definition) is 2. The van der Waals surface area contributed by atoms with Crippen molar-refractivity contribution in [3.8, 4) is 5.75 Å². The summed E-state index contributed by atoms with van der Waals surface area (Å²) in [7, 11) is 1.56. The van der Waals surface area contributed by atoms with E-state index in [1.165, 1.54) is 0 Å². The van der Waals surface area contributed by atoms with Crippen LogP contribution in [0.5, 0.6) is 5.75 Å². The first kappa shape index (κ1) is 18.2. The van der Waals surface area contributed by atoms with Crippen LogP contribution in [-0.2, 0) is 9.59 Å². The molecule has 1 atom stereocenters. The Morgan fingerprint density at radius 1 is 1.42 bits per heavy atom. The van der Waals surface area contributed by atoms with Gasteiger partial charge in [0.05, 0.1) is 19.3 Å². The maximum atomic E-state index is 12.9. The summed E-state index contributed by atoms with van der Waals surface area (Å²) in [5, 5.41) is 3.31.